The summed E-state index contributed by atoms with van der Waals surface area (Å²) >= 11 is 3.30. The van der Waals surface area contributed by atoms with E-state index in [-0.39, 0.29) is 31.4 Å². The second-order valence-corrected chi connectivity index (χ2v) is 8.73. The number of amides is 3. The second kappa shape index (κ2) is 11.9. The second-order valence-electron chi connectivity index (χ2n) is 7.82. The molecule has 0 saturated heterocycles. The summed E-state index contributed by atoms with van der Waals surface area (Å²) in [5.41, 5.74) is 2.23. The molecule has 0 fully saturated rings. The van der Waals surface area contributed by atoms with Crippen LogP contribution in [0.5, 0.6) is 0 Å². The van der Waals surface area contributed by atoms with Gasteiger partial charge in [-0.15, -0.1) is 0 Å². The van der Waals surface area contributed by atoms with Crippen molar-refractivity contribution in [3.05, 3.63) is 101 Å². The molecular weight excluding hydrogens is 524 g/mol. The van der Waals surface area contributed by atoms with Crippen molar-refractivity contribution in [2.24, 2.45) is 0 Å². The first-order valence-electron chi connectivity index (χ1n) is 11.2. The van der Waals surface area contributed by atoms with Gasteiger partial charge < -0.3 is 15.4 Å². The zero-order valence-corrected chi connectivity index (χ0v) is 20.7. The summed E-state index contributed by atoms with van der Waals surface area (Å²) in [5.74, 6) is -0.596. The Bertz CT molecular complexity index is 1400. The molecule has 3 N–H and O–H groups in total. The van der Waals surface area contributed by atoms with E-state index < -0.39 is 6.09 Å². The van der Waals surface area contributed by atoms with E-state index in [1.54, 1.807) is 42.6 Å². The van der Waals surface area contributed by atoms with E-state index in [9.17, 15) is 14.4 Å². The summed E-state index contributed by atoms with van der Waals surface area (Å²) in [7, 11) is 0. The van der Waals surface area contributed by atoms with Crippen LogP contribution >= 0.6 is 15.9 Å². The number of carbonyl (C=O) groups is 3. The normalized spacial score (nSPS) is 10.5. The fourth-order valence-corrected chi connectivity index (χ4v) is 3.94. The van der Waals surface area contributed by atoms with Crippen LogP contribution in [0, 0.1) is 0 Å². The zero-order chi connectivity index (χ0) is 25.3. The number of rotatable bonds is 8. The summed E-state index contributed by atoms with van der Waals surface area (Å²) in [6, 6.07) is 22.0. The standard InChI is InChI=1S/C27H23BrN4O4/c28-21-14-20(16-29-17-21)26(34)31-23-10-4-2-7-19(23)15-25(33)30-12-13-36-27(35)32-24-11-5-8-18-6-1-3-9-22(18)24/h1-11,14,16-17H,12-13,15H2,(H,30,33)(H,31,34)(H,32,35). The highest BCUT2D eigenvalue weighted by Gasteiger charge is 2.13. The van der Waals surface area contributed by atoms with E-state index in [1.165, 1.54) is 6.20 Å². The molecule has 4 aromatic rings. The van der Waals surface area contributed by atoms with E-state index in [1.807, 2.05) is 36.4 Å². The molecule has 0 spiro atoms. The predicted octanol–water partition coefficient (Wildman–Crippen LogP) is 5.16. The summed E-state index contributed by atoms with van der Waals surface area (Å²) in [5, 5.41) is 10.2. The first-order chi connectivity index (χ1) is 17.5. The number of benzene rings is 3. The van der Waals surface area contributed by atoms with Crippen LogP contribution in [-0.2, 0) is 16.0 Å². The monoisotopic (exact) mass is 546 g/mol. The van der Waals surface area contributed by atoms with Crippen LogP contribution in [0.25, 0.3) is 10.8 Å². The van der Waals surface area contributed by atoms with Crippen molar-refractivity contribution >= 4 is 56.0 Å². The number of anilines is 2. The first kappa shape index (κ1) is 24.9. The molecule has 4 rings (SSSR count). The van der Waals surface area contributed by atoms with Gasteiger partial charge in [-0.3, -0.25) is 19.9 Å². The lowest BCUT2D eigenvalue weighted by Gasteiger charge is -2.12. The van der Waals surface area contributed by atoms with Crippen LogP contribution in [0.3, 0.4) is 0 Å². The van der Waals surface area contributed by atoms with E-state index in [2.05, 4.69) is 36.9 Å². The summed E-state index contributed by atoms with van der Waals surface area (Å²) in [4.78, 5) is 41.2. The molecule has 0 unspecified atom stereocenters. The maximum absolute atomic E-state index is 12.6. The number of ether oxygens (including phenoxy) is 1. The molecule has 182 valence electrons. The summed E-state index contributed by atoms with van der Waals surface area (Å²) < 4.78 is 5.89. The van der Waals surface area contributed by atoms with Crippen LogP contribution in [0.2, 0.25) is 0 Å². The molecule has 0 aliphatic carbocycles. The summed E-state index contributed by atoms with van der Waals surface area (Å²) in [6.45, 7) is 0.163. The minimum atomic E-state index is -0.601. The lowest BCUT2D eigenvalue weighted by molar-refractivity contribution is -0.120. The Morgan fingerprint density at radius 3 is 2.47 bits per heavy atom. The van der Waals surface area contributed by atoms with Crippen molar-refractivity contribution in [2.75, 3.05) is 23.8 Å². The van der Waals surface area contributed by atoms with E-state index >= 15 is 0 Å². The first-order valence-corrected chi connectivity index (χ1v) is 12.0. The van der Waals surface area contributed by atoms with E-state index in [0.717, 1.165) is 10.8 Å². The number of fused-ring (bicyclic) bond motifs is 1. The van der Waals surface area contributed by atoms with Crippen molar-refractivity contribution in [1.29, 1.82) is 0 Å². The number of pyridine rings is 1. The third-order valence-electron chi connectivity index (χ3n) is 5.27. The lowest BCUT2D eigenvalue weighted by atomic mass is 10.1. The summed E-state index contributed by atoms with van der Waals surface area (Å²) in [6.07, 6.45) is 2.50. The predicted molar refractivity (Wildman–Crippen MR) is 142 cm³/mol. The van der Waals surface area contributed by atoms with Gasteiger partial charge in [0.05, 0.1) is 24.2 Å². The van der Waals surface area contributed by atoms with Crippen molar-refractivity contribution < 1.29 is 19.1 Å². The number of nitrogens with zero attached hydrogens (tertiary/aromatic N) is 1. The van der Waals surface area contributed by atoms with Gasteiger partial charge in [0.25, 0.3) is 5.91 Å². The van der Waals surface area contributed by atoms with Gasteiger partial charge in [0.1, 0.15) is 6.61 Å². The Morgan fingerprint density at radius 2 is 1.61 bits per heavy atom. The molecule has 1 aromatic heterocycles. The highest BCUT2D eigenvalue weighted by Crippen LogP contribution is 2.23. The van der Waals surface area contributed by atoms with Gasteiger partial charge in [-0.2, -0.15) is 0 Å². The smallest absolute Gasteiger partial charge is 0.411 e. The average Bonchev–Trinajstić information content (AvgIpc) is 2.88. The Labute approximate surface area is 216 Å². The topological polar surface area (TPSA) is 109 Å². The quantitative estimate of drug-likeness (QED) is 0.264. The van der Waals surface area contributed by atoms with Crippen LogP contribution in [0.4, 0.5) is 16.2 Å². The van der Waals surface area contributed by atoms with Crippen molar-refractivity contribution in [3.8, 4) is 0 Å². The van der Waals surface area contributed by atoms with Crippen LogP contribution in [-0.4, -0.2) is 36.0 Å². The fraction of sp³-hybridized carbons (Fsp3) is 0.111. The van der Waals surface area contributed by atoms with Gasteiger partial charge in [-0.05, 0) is 45.1 Å². The van der Waals surface area contributed by atoms with Gasteiger partial charge in [0.15, 0.2) is 0 Å². The van der Waals surface area contributed by atoms with Crippen LogP contribution in [0.15, 0.2) is 89.7 Å². The average molecular weight is 547 g/mol. The molecule has 0 saturated carbocycles. The van der Waals surface area contributed by atoms with Gasteiger partial charge in [-0.25, -0.2) is 4.79 Å². The molecule has 1 heterocycles. The maximum Gasteiger partial charge on any atom is 0.411 e. The van der Waals surface area contributed by atoms with Gasteiger partial charge in [-0.1, -0.05) is 54.6 Å². The Morgan fingerprint density at radius 1 is 0.861 bits per heavy atom. The third kappa shape index (κ3) is 6.67. The van der Waals surface area contributed by atoms with Crippen LogP contribution in [0.1, 0.15) is 15.9 Å². The van der Waals surface area contributed by atoms with Crippen molar-refractivity contribution in [3.63, 3.8) is 0 Å². The lowest BCUT2D eigenvalue weighted by Crippen LogP contribution is -2.30. The number of hydrogen-bond donors (Lipinski definition) is 3. The highest BCUT2D eigenvalue weighted by molar-refractivity contribution is 9.10. The van der Waals surface area contributed by atoms with E-state index in [4.69, 9.17) is 4.74 Å². The number of aromatic nitrogens is 1. The molecule has 9 heteroatoms. The number of hydrogen-bond acceptors (Lipinski definition) is 5. The van der Waals surface area contributed by atoms with Crippen molar-refractivity contribution in [2.45, 2.75) is 6.42 Å². The Kier molecular flexibility index (Phi) is 8.25. The Hall–Kier alpha value is -4.24. The molecule has 0 atom stereocenters. The fourth-order valence-electron chi connectivity index (χ4n) is 3.58. The number of carbonyl (C=O) groups excluding carboxylic acids is 3. The molecular formula is C27H23BrN4O4. The maximum atomic E-state index is 12.6. The van der Waals surface area contributed by atoms with Gasteiger partial charge in [0, 0.05) is 27.9 Å². The molecule has 0 bridgehead atoms. The molecule has 0 aliphatic heterocycles. The molecule has 3 amide bonds. The molecule has 0 aliphatic rings. The number of nitrogens with one attached hydrogen (secondary N) is 3. The Balaban J connectivity index is 1.25. The molecule has 36 heavy (non-hydrogen) atoms. The minimum Gasteiger partial charge on any atom is -0.447 e. The van der Waals surface area contributed by atoms with Crippen molar-refractivity contribution in [1.82, 2.24) is 10.3 Å². The number of halogens is 1. The van der Waals surface area contributed by atoms with Gasteiger partial charge >= 0.3 is 6.09 Å². The molecule has 3 aromatic carbocycles. The van der Waals surface area contributed by atoms with Crippen LogP contribution < -0.4 is 16.0 Å². The van der Waals surface area contributed by atoms with E-state index in [0.29, 0.717) is 27.0 Å². The molecule has 8 nitrogen and oxygen atoms in total. The SMILES string of the molecule is O=C(Cc1ccccc1NC(=O)c1cncc(Br)c1)NCCOC(=O)Nc1cccc2ccccc12. The highest BCUT2D eigenvalue weighted by atomic mass is 79.9. The van der Waals surface area contributed by atoms with Gasteiger partial charge in [0.2, 0.25) is 5.91 Å². The molecule has 0 radical (unpaired) electrons. The zero-order valence-electron chi connectivity index (χ0n) is 19.2. The number of para-hydroxylation sites is 1. The largest absolute Gasteiger partial charge is 0.447 e. The minimum absolute atomic E-state index is 0.0105. The third-order valence-corrected chi connectivity index (χ3v) is 5.70.